The SMILES string of the molecule is O=C(c1ccc(Br)o1)c1ccc(Cl)c2ccccc12. The van der Waals surface area contributed by atoms with Gasteiger partial charge in [0.25, 0.3) is 0 Å². The Hall–Kier alpha value is -1.58. The van der Waals surface area contributed by atoms with Crippen molar-refractivity contribution in [1.29, 1.82) is 0 Å². The molecule has 0 unspecified atom stereocenters. The summed E-state index contributed by atoms with van der Waals surface area (Å²) in [5.74, 6) is 0.151. The lowest BCUT2D eigenvalue weighted by Gasteiger charge is -2.05. The smallest absolute Gasteiger partial charge is 0.228 e. The van der Waals surface area contributed by atoms with E-state index in [1.54, 1.807) is 24.3 Å². The van der Waals surface area contributed by atoms with Crippen LogP contribution in [0.2, 0.25) is 5.02 Å². The molecular weight excluding hydrogens is 328 g/mol. The van der Waals surface area contributed by atoms with Gasteiger partial charge in [0.2, 0.25) is 5.78 Å². The van der Waals surface area contributed by atoms with Gasteiger partial charge in [-0.3, -0.25) is 4.79 Å². The molecule has 0 N–H and O–H groups in total. The first-order valence-corrected chi connectivity index (χ1v) is 6.81. The standard InChI is InChI=1S/C15H8BrClO2/c16-14-8-7-13(19-14)15(18)11-5-6-12(17)10-4-2-1-3-9(10)11/h1-8H. The highest BCUT2D eigenvalue weighted by Gasteiger charge is 2.16. The number of fused-ring (bicyclic) bond motifs is 1. The number of hydrogen-bond donors (Lipinski definition) is 0. The molecule has 0 radical (unpaired) electrons. The summed E-state index contributed by atoms with van der Waals surface area (Å²) in [5.41, 5.74) is 0.585. The molecule has 4 heteroatoms. The molecule has 3 aromatic rings. The molecule has 0 aliphatic carbocycles. The van der Waals surface area contributed by atoms with Crippen LogP contribution in [0.5, 0.6) is 0 Å². The van der Waals surface area contributed by atoms with E-state index in [0.29, 0.717) is 21.0 Å². The second kappa shape index (κ2) is 4.83. The molecule has 0 fully saturated rings. The molecular formula is C15H8BrClO2. The topological polar surface area (TPSA) is 30.2 Å². The highest BCUT2D eigenvalue weighted by atomic mass is 79.9. The van der Waals surface area contributed by atoms with Gasteiger partial charge >= 0.3 is 0 Å². The quantitative estimate of drug-likeness (QED) is 0.611. The predicted molar refractivity (Wildman–Crippen MR) is 78.8 cm³/mol. The fourth-order valence-corrected chi connectivity index (χ4v) is 2.56. The van der Waals surface area contributed by atoms with Gasteiger partial charge in [0.1, 0.15) is 0 Å². The van der Waals surface area contributed by atoms with Crippen LogP contribution in [0.1, 0.15) is 16.1 Å². The Morgan fingerprint density at radius 2 is 1.74 bits per heavy atom. The molecule has 0 saturated carbocycles. The molecule has 0 amide bonds. The molecule has 0 saturated heterocycles. The third-order valence-electron chi connectivity index (χ3n) is 2.91. The summed E-state index contributed by atoms with van der Waals surface area (Å²) in [7, 11) is 0. The van der Waals surface area contributed by atoms with Crippen LogP contribution < -0.4 is 0 Å². The van der Waals surface area contributed by atoms with Crippen molar-refractivity contribution in [2.75, 3.05) is 0 Å². The van der Waals surface area contributed by atoms with Crippen molar-refractivity contribution in [3.8, 4) is 0 Å². The number of carbonyl (C=O) groups excluding carboxylic acids is 1. The van der Waals surface area contributed by atoms with Crippen molar-refractivity contribution < 1.29 is 9.21 Å². The first-order valence-electron chi connectivity index (χ1n) is 5.64. The second-order valence-corrected chi connectivity index (χ2v) is 5.26. The van der Waals surface area contributed by atoms with E-state index in [1.807, 2.05) is 24.3 Å². The van der Waals surface area contributed by atoms with Crippen molar-refractivity contribution in [3.63, 3.8) is 0 Å². The lowest BCUT2D eigenvalue weighted by atomic mass is 10.0. The Balaban J connectivity index is 2.21. The van der Waals surface area contributed by atoms with Crippen LogP contribution in [-0.2, 0) is 0 Å². The zero-order valence-corrected chi connectivity index (χ0v) is 12.0. The maximum Gasteiger partial charge on any atom is 0.228 e. The molecule has 1 heterocycles. The van der Waals surface area contributed by atoms with Crippen LogP contribution in [0, 0.1) is 0 Å². The summed E-state index contributed by atoms with van der Waals surface area (Å²) >= 11 is 9.34. The van der Waals surface area contributed by atoms with Crippen LogP contribution in [0.25, 0.3) is 10.8 Å². The highest BCUT2D eigenvalue weighted by Crippen LogP contribution is 2.28. The number of furan rings is 1. The van der Waals surface area contributed by atoms with Gasteiger partial charge in [0, 0.05) is 16.0 Å². The maximum atomic E-state index is 12.4. The van der Waals surface area contributed by atoms with Crippen LogP contribution >= 0.6 is 27.5 Å². The molecule has 0 aliphatic rings. The Morgan fingerprint density at radius 3 is 2.42 bits per heavy atom. The molecule has 0 aliphatic heterocycles. The Labute approximate surface area is 123 Å². The molecule has 0 spiro atoms. The Bertz CT molecular complexity index is 777. The molecule has 3 rings (SSSR count). The van der Waals surface area contributed by atoms with E-state index in [0.717, 1.165) is 10.8 Å². The minimum absolute atomic E-state index is 0.154. The third kappa shape index (κ3) is 2.20. The molecule has 0 atom stereocenters. The molecule has 1 aromatic heterocycles. The van der Waals surface area contributed by atoms with Crippen molar-refractivity contribution in [1.82, 2.24) is 0 Å². The number of ketones is 1. The first kappa shape index (κ1) is 12.5. The third-order valence-corrected chi connectivity index (χ3v) is 3.67. The summed E-state index contributed by atoms with van der Waals surface area (Å²) in [6, 6.07) is 14.4. The molecule has 0 bridgehead atoms. The average molecular weight is 336 g/mol. The van der Waals surface area contributed by atoms with E-state index >= 15 is 0 Å². The zero-order chi connectivity index (χ0) is 13.4. The van der Waals surface area contributed by atoms with E-state index in [1.165, 1.54) is 0 Å². The summed E-state index contributed by atoms with van der Waals surface area (Å²) in [6.07, 6.45) is 0. The maximum absolute atomic E-state index is 12.4. The summed E-state index contributed by atoms with van der Waals surface area (Å²) in [4.78, 5) is 12.4. The normalized spacial score (nSPS) is 10.8. The van der Waals surface area contributed by atoms with E-state index in [4.69, 9.17) is 16.0 Å². The minimum Gasteiger partial charge on any atom is -0.446 e. The molecule has 94 valence electrons. The van der Waals surface area contributed by atoms with Gasteiger partial charge in [0.05, 0.1) is 0 Å². The van der Waals surface area contributed by atoms with Crippen LogP contribution in [0.3, 0.4) is 0 Å². The van der Waals surface area contributed by atoms with E-state index < -0.39 is 0 Å². The van der Waals surface area contributed by atoms with Gasteiger partial charge in [-0.2, -0.15) is 0 Å². The summed E-state index contributed by atoms with van der Waals surface area (Å²) in [5, 5.41) is 2.32. The van der Waals surface area contributed by atoms with Gasteiger partial charge in [-0.05, 0) is 45.6 Å². The van der Waals surface area contributed by atoms with E-state index in [-0.39, 0.29) is 5.78 Å². The van der Waals surface area contributed by atoms with Crippen LogP contribution in [0.4, 0.5) is 0 Å². The van der Waals surface area contributed by atoms with Crippen LogP contribution in [0.15, 0.2) is 57.6 Å². The van der Waals surface area contributed by atoms with Gasteiger partial charge in [0.15, 0.2) is 10.4 Å². The molecule has 19 heavy (non-hydrogen) atoms. The lowest BCUT2D eigenvalue weighted by Crippen LogP contribution is -2.00. The monoisotopic (exact) mass is 334 g/mol. The minimum atomic E-state index is -0.154. The van der Waals surface area contributed by atoms with Gasteiger partial charge in [-0.25, -0.2) is 0 Å². The fourth-order valence-electron chi connectivity index (χ4n) is 2.03. The molecule has 2 aromatic carbocycles. The number of hydrogen-bond acceptors (Lipinski definition) is 2. The lowest BCUT2D eigenvalue weighted by molar-refractivity contribution is 0.101. The summed E-state index contributed by atoms with van der Waals surface area (Å²) in [6.45, 7) is 0. The second-order valence-electron chi connectivity index (χ2n) is 4.07. The van der Waals surface area contributed by atoms with Crippen LogP contribution in [-0.4, -0.2) is 5.78 Å². The zero-order valence-electron chi connectivity index (χ0n) is 9.69. The van der Waals surface area contributed by atoms with Gasteiger partial charge in [-0.1, -0.05) is 35.9 Å². The van der Waals surface area contributed by atoms with Crippen molar-refractivity contribution in [2.45, 2.75) is 0 Å². The fraction of sp³-hybridized carbons (Fsp3) is 0. The summed E-state index contributed by atoms with van der Waals surface area (Å²) < 4.78 is 5.85. The van der Waals surface area contributed by atoms with Crippen molar-refractivity contribution in [2.24, 2.45) is 0 Å². The number of halogens is 2. The first-order chi connectivity index (χ1) is 9.16. The number of rotatable bonds is 2. The van der Waals surface area contributed by atoms with Gasteiger partial charge in [-0.15, -0.1) is 0 Å². The molecule has 2 nitrogen and oxygen atoms in total. The van der Waals surface area contributed by atoms with Crippen molar-refractivity contribution in [3.05, 3.63) is 69.5 Å². The Kier molecular flexibility index (Phi) is 3.17. The number of carbonyl (C=O) groups is 1. The average Bonchev–Trinajstić information content (AvgIpc) is 2.86. The van der Waals surface area contributed by atoms with Gasteiger partial charge < -0.3 is 4.42 Å². The predicted octanol–water partition coefficient (Wildman–Crippen LogP) is 5.08. The van der Waals surface area contributed by atoms with E-state index in [2.05, 4.69) is 15.9 Å². The number of benzene rings is 2. The largest absolute Gasteiger partial charge is 0.446 e. The van der Waals surface area contributed by atoms with E-state index in [9.17, 15) is 4.79 Å². The Morgan fingerprint density at radius 1 is 1.00 bits per heavy atom. The van der Waals surface area contributed by atoms with Crippen molar-refractivity contribution >= 4 is 44.1 Å². The highest BCUT2D eigenvalue weighted by molar-refractivity contribution is 9.10.